The van der Waals surface area contributed by atoms with Crippen LogP contribution in [0, 0.1) is 0 Å². The summed E-state index contributed by atoms with van der Waals surface area (Å²) in [5.74, 6) is -0.0697. The lowest BCUT2D eigenvalue weighted by atomic mass is 10.2. The summed E-state index contributed by atoms with van der Waals surface area (Å²) in [7, 11) is -3.40. The maximum Gasteiger partial charge on any atom is 0.252 e. The minimum Gasteiger partial charge on any atom is -0.372 e. The summed E-state index contributed by atoms with van der Waals surface area (Å²) in [6, 6.07) is 13.6. The molecule has 1 aliphatic rings. The largest absolute Gasteiger partial charge is 0.372 e. The molecule has 0 aliphatic carbocycles. The number of carbonyl (C=O) groups excluding carboxylic acids is 1. The van der Waals surface area contributed by atoms with Crippen molar-refractivity contribution in [1.29, 1.82) is 0 Å². The molecule has 0 saturated carbocycles. The van der Waals surface area contributed by atoms with Crippen LogP contribution in [-0.4, -0.2) is 51.4 Å². The highest BCUT2D eigenvalue weighted by molar-refractivity contribution is 7.91. The molecule has 2 aromatic rings. The van der Waals surface area contributed by atoms with Crippen LogP contribution in [0.2, 0.25) is 0 Å². The molecule has 1 aliphatic heterocycles. The van der Waals surface area contributed by atoms with Gasteiger partial charge >= 0.3 is 0 Å². The van der Waals surface area contributed by atoms with E-state index in [1.807, 2.05) is 18.2 Å². The van der Waals surface area contributed by atoms with Crippen LogP contribution >= 0.6 is 11.3 Å². The summed E-state index contributed by atoms with van der Waals surface area (Å²) in [6.07, 6.45) is 2.91. The average Bonchev–Trinajstić information content (AvgIpc) is 3.41. The lowest BCUT2D eigenvalue weighted by Crippen LogP contribution is -2.30. The predicted octanol–water partition coefficient (Wildman–Crippen LogP) is 3.11. The Balaban J connectivity index is 1.44. The van der Waals surface area contributed by atoms with Gasteiger partial charge in [0, 0.05) is 43.3 Å². The minimum atomic E-state index is -3.40. The zero-order chi connectivity index (χ0) is 20.7. The molecular weight excluding hydrogens is 406 g/mol. The normalized spacial score (nSPS) is 14.8. The fraction of sp³-hybridized carbons (Fsp3) is 0.476. The van der Waals surface area contributed by atoms with Gasteiger partial charge in [-0.2, -0.15) is 4.31 Å². The summed E-state index contributed by atoms with van der Waals surface area (Å²) >= 11 is 1.20. The Morgan fingerprint density at radius 3 is 2.55 bits per heavy atom. The second-order valence-corrected chi connectivity index (χ2v) is 10.5. The molecule has 0 radical (unpaired) electrons. The van der Waals surface area contributed by atoms with E-state index in [4.69, 9.17) is 0 Å². The summed E-state index contributed by atoms with van der Waals surface area (Å²) in [6.45, 7) is 5.70. The highest BCUT2D eigenvalue weighted by Crippen LogP contribution is 2.27. The van der Waals surface area contributed by atoms with Crippen molar-refractivity contribution in [3.63, 3.8) is 0 Å². The van der Waals surface area contributed by atoms with Crippen molar-refractivity contribution in [1.82, 2.24) is 9.62 Å². The fourth-order valence-electron chi connectivity index (χ4n) is 3.47. The first kappa shape index (κ1) is 21.8. The van der Waals surface area contributed by atoms with E-state index in [-0.39, 0.29) is 12.3 Å². The molecule has 1 fully saturated rings. The number of rotatable bonds is 10. The number of carbonyl (C=O) groups is 1. The first-order chi connectivity index (χ1) is 14.0. The summed E-state index contributed by atoms with van der Waals surface area (Å²) in [5.41, 5.74) is 1.19. The molecule has 29 heavy (non-hydrogen) atoms. The number of amides is 1. The third kappa shape index (κ3) is 5.81. The molecule has 1 saturated heterocycles. The van der Waals surface area contributed by atoms with Crippen LogP contribution in [0.3, 0.4) is 0 Å². The van der Waals surface area contributed by atoms with Crippen LogP contribution in [0.1, 0.15) is 31.1 Å². The van der Waals surface area contributed by atoms with Crippen LogP contribution in [0.5, 0.6) is 0 Å². The Labute approximate surface area is 177 Å². The Bertz CT molecular complexity index is 891. The third-order valence-electron chi connectivity index (χ3n) is 5.06. The van der Waals surface area contributed by atoms with Gasteiger partial charge in [-0.15, -0.1) is 11.3 Å². The van der Waals surface area contributed by atoms with Crippen molar-refractivity contribution in [2.45, 2.75) is 36.8 Å². The van der Waals surface area contributed by atoms with Gasteiger partial charge < -0.3 is 10.2 Å². The smallest absolute Gasteiger partial charge is 0.252 e. The summed E-state index contributed by atoms with van der Waals surface area (Å²) < 4.78 is 27.0. The molecule has 0 unspecified atom stereocenters. The highest BCUT2D eigenvalue weighted by Gasteiger charge is 2.28. The van der Waals surface area contributed by atoms with Crippen LogP contribution in [-0.2, 0) is 21.2 Å². The van der Waals surface area contributed by atoms with Gasteiger partial charge in [0.1, 0.15) is 4.21 Å². The number of anilines is 1. The molecule has 0 atom stereocenters. The van der Waals surface area contributed by atoms with Crippen LogP contribution in [0.25, 0.3) is 0 Å². The maximum atomic E-state index is 12.6. The molecule has 158 valence electrons. The van der Waals surface area contributed by atoms with Crippen molar-refractivity contribution < 1.29 is 13.2 Å². The van der Waals surface area contributed by atoms with Gasteiger partial charge in [0.15, 0.2) is 0 Å². The number of hydrogen-bond donors (Lipinski definition) is 1. The monoisotopic (exact) mass is 435 g/mol. The lowest BCUT2D eigenvalue weighted by Gasteiger charge is -2.23. The molecule has 1 aromatic heterocycles. The highest BCUT2D eigenvalue weighted by atomic mass is 32.2. The van der Waals surface area contributed by atoms with Gasteiger partial charge in [0.2, 0.25) is 5.91 Å². The van der Waals surface area contributed by atoms with Gasteiger partial charge in [0.25, 0.3) is 10.0 Å². The molecule has 1 N–H and O–H groups in total. The third-order valence-corrected chi connectivity index (χ3v) is 8.51. The van der Waals surface area contributed by atoms with E-state index < -0.39 is 10.0 Å². The van der Waals surface area contributed by atoms with Gasteiger partial charge in [-0.1, -0.05) is 18.2 Å². The quantitative estimate of drug-likeness (QED) is 0.582. The number of hydrogen-bond acceptors (Lipinski definition) is 5. The Morgan fingerprint density at radius 1 is 1.14 bits per heavy atom. The Hall–Kier alpha value is -1.90. The SMILES string of the molecule is CCN(CCCNC(=O)Cc1ccc(S(=O)(=O)N2CCCC2)s1)c1ccccc1. The van der Waals surface area contributed by atoms with Crippen LogP contribution < -0.4 is 10.2 Å². The summed E-state index contributed by atoms with van der Waals surface area (Å²) in [5, 5.41) is 2.95. The predicted molar refractivity (Wildman–Crippen MR) is 118 cm³/mol. The second-order valence-electron chi connectivity index (χ2n) is 7.13. The van der Waals surface area contributed by atoms with Crippen LogP contribution in [0.15, 0.2) is 46.7 Å². The number of nitrogens with zero attached hydrogens (tertiary/aromatic N) is 2. The molecule has 1 amide bonds. The van der Waals surface area contributed by atoms with E-state index in [2.05, 4.69) is 29.3 Å². The Kier molecular flexibility index (Phi) is 7.69. The van der Waals surface area contributed by atoms with Crippen molar-refractivity contribution in [3.8, 4) is 0 Å². The topological polar surface area (TPSA) is 69.7 Å². The molecule has 0 spiro atoms. The van der Waals surface area contributed by atoms with Crippen molar-refractivity contribution in [2.75, 3.05) is 37.6 Å². The molecule has 0 bridgehead atoms. The number of sulfonamides is 1. The fourth-order valence-corrected chi connectivity index (χ4v) is 6.50. The zero-order valence-corrected chi connectivity index (χ0v) is 18.5. The van der Waals surface area contributed by atoms with Crippen molar-refractivity contribution >= 4 is 33.0 Å². The maximum absolute atomic E-state index is 12.6. The van der Waals surface area contributed by atoms with Crippen molar-refractivity contribution in [2.24, 2.45) is 0 Å². The first-order valence-electron chi connectivity index (χ1n) is 10.2. The molecular formula is C21H29N3O3S2. The van der Waals surface area contributed by atoms with Gasteiger partial charge in [0.05, 0.1) is 6.42 Å². The minimum absolute atomic E-state index is 0.0697. The molecule has 6 nitrogen and oxygen atoms in total. The molecule has 2 heterocycles. The van der Waals surface area contributed by atoms with Crippen molar-refractivity contribution in [3.05, 3.63) is 47.3 Å². The molecule has 1 aromatic carbocycles. The van der Waals surface area contributed by atoms with E-state index in [0.29, 0.717) is 23.8 Å². The summed E-state index contributed by atoms with van der Waals surface area (Å²) in [4.78, 5) is 15.3. The van der Waals surface area contributed by atoms with E-state index in [0.717, 1.165) is 37.2 Å². The second kappa shape index (κ2) is 10.2. The number of thiophene rings is 1. The van der Waals surface area contributed by atoms with E-state index in [1.54, 1.807) is 12.1 Å². The van der Waals surface area contributed by atoms with Gasteiger partial charge in [-0.25, -0.2) is 8.42 Å². The lowest BCUT2D eigenvalue weighted by molar-refractivity contribution is -0.120. The number of benzene rings is 1. The van der Waals surface area contributed by atoms with E-state index in [9.17, 15) is 13.2 Å². The molecule has 3 rings (SSSR count). The average molecular weight is 436 g/mol. The first-order valence-corrected chi connectivity index (χ1v) is 12.4. The molecule has 8 heteroatoms. The van der Waals surface area contributed by atoms with Gasteiger partial charge in [-0.3, -0.25) is 4.79 Å². The number of nitrogens with one attached hydrogen (secondary N) is 1. The van der Waals surface area contributed by atoms with Gasteiger partial charge in [-0.05, 0) is 50.5 Å². The number of para-hydroxylation sites is 1. The zero-order valence-electron chi connectivity index (χ0n) is 16.8. The van der Waals surface area contributed by atoms with E-state index >= 15 is 0 Å². The standard InChI is InChI=1S/C21H29N3O3S2/c1-2-23(18-9-4-3-5-10-18)14-8-13-22-20(25)17-19-11-12-21(28-19)29(26,27)24-15-6-7-16-24/h3-5,9-12H,2,6-8,13-17H2,1H3,(H,22,25). The van der Waals surface area contributed by atoms with Crippen LogP contribution in [0.4, 0.5) is 5.69 Å². The van der Waals surface area contributed by atoms with E-state index in [1.165, 1.54) is 21.3 Å². The Morgan fingerprint density at radius 2 is 1.86 bits per heavy atom.